The molecule has 1 saturated heterocycles. The molecule has 0 aromatic heterocycles. The Bertz CT molecular complexity index is 537. The smallest absolute Gasteiger partial charge is 0.191 e. The van der Waals surface area contributed by atoms with Crippen molar-refractivity contribution >= 4 is 41.7 Å². The molecule has 1 aromatic rings. The highest BCUT2D eigenvalue weighted by Crippen LogP contribution is 2.32. The molecular formula is C18H30IN3O2S. The number of ether oxygens (including phenoxy) is 2. The van der Waals surface area contributed by atoms with E-state index in [1.54, 1.807) is 7.11 Å². The van der Waals surface area contributed by atoms with Crippen LogP contribution in [0.1, 0.15) is 25.3 Å². The first-order valence-electron chi connectivity index (χ1n) is 8.50. The van der Waals surface area contributed by atoms with Gasteiger partial charge in [-0.2, -0.15) is 11.8 Å². The molecule has 25 heavy (non-hydrogen) atoms. The summed E-state index contributed by atoms with van der Waals surface area (Å²) in [4.78, 5) is 4.72. The first-order chi connectivity index (χ1) is 11.7. The van der Waals surface area contributed by atoms with Gasteiger partial charge in [0.2, 0.25) is 0 Å². The third-order valence-corrected chi connectivity index (χ3v) is 5.78. The number of rotatable bonds is 7. The van der Waals surface area contributed by atoms with Crippen molar-refractivity contribution in [1.82, 2.24) is 10.6 Å². The van der Waals surface area contributed by atoms with Crippen LogP contribution < -0.4 is 15.4 Å². The van der Waals surface area contributed by atoms with Crippen LogP contribution in [0.2, 0.25) is 0 Å². The molecule has 0 amide bonds. The summed E-state index contributed by atoms with van der Waals surface area (Å²) in [6.45, 7) is 6.10. The van der Waals surface area contributed by atoms with Gasteiger partial charge >= 0.3 is 0 Å². The van der Waals surface area contributed by atoms with Crippen LogP contribution in [0.5, 0.6) is 5.75 Å². The Labute approximate surface area is 172 Å². The lowest BCUT2D eigenvalue weighted by atomic mass is 9.99. The van der Waals surface area contributed by atoms with E-state index in [1.165, 1.54) is 0 Å². The van der Waals surface area contributed by atoms with Crippen LogP contribution in [0.15, 0.2) is 29.3 Å². The summed E-state index contributed by atoms with van der Waals surface area (Å²) in [6, 6.07) is 8.01. The number of benzene rings is 1. The molecule has 2 N–H and O–H groups in total. The van der Waals surface area contributed by atoms with Crippen molar-refractivity contribution in [3.8, 4) is 5.75 Å². The van der Waals surface area contributed by atoms with Crippen LogP contribution in [0.4, 0.5) is 0 Å². The van der Waals surface area contributed by atoms with Crippen molar-refractivity contribution in [2.45, 2.75) is 31.1 Å². The third-order valence-electron chi connectivity index (χ3n) is 4.36. The fourth-order valence-corrected chi connectivity index (χ4v) is 3.57. The van der Waals surface area contributed by atoms with Gasteiger partial charge in [0.25, 0.3) is 0 Å². The number of nitrogens with zero attached hydrogens (tertiary/aromatic N) is 1. The van der Waals surface area contributed by atoms with Crippen molar-refractivity contribution in [2.24, 2.45) is 4.99 Å². The summed E-state index contributed by atoms with van der Waals surface area (Å²) >= 11 is 1.93. The van der Waals surface area contributed by atoms with E-state index < -0.39 is 0 Å². The van der Waals surface area contributed by atoms with Crippen molar-refractivity contribution in [2.75, 3.05) is 39.7 Å². The predicted molar refractivity (Wildman–Crippen MR) is 118 cm³/mol. The molecule has 5 nitrogen and oxygen atoms in total. The lowest BCUT2D eigenvalue weighted by Crippen LogP contribution is -2.47. The van der Waals surface area contributed by atoms with Gasteiger partial charge in [0, 0.05) is 36.6 Å². The van der Waals surface area contributed by atoms with Crippen LogP contribution in [0, 0.1) is 0 Å². The molecule has 1 aliphatic rings. The van der Waals surface area contributed by atoms with Crippen LogP contribution >= 0.6 is 35.7 Å². The second kappa shape index (κ2) is 11.9. The summed E-state index contributed by atoms with van der Waals surface area (Å²) in [7, 11) is 1.69. The first kappa shape index (κ1) is 22.4. The van der Waals surface area contributed by atoms with Gasteiger partial charge in [-0.15, -0.1) is 24.0 Å². The number of hydrogen-bond donors (Lipinski definition) is 2. The minimum atomic E-state index is 0. The van der Waals surface area contributed by atoms with Crippen LogP contribution in [0.25, 0.3) is 0 Å². The Balaban J connectivity index is 0.00000312. The van der Waals surface area contributed by atoms with Crippen molar-refractivity contribution < 1.29 is 9.47 Å². The molecule has 1 heterocycles. The monoisotopic (exact) mass is 479 g/mol. The lowest BCUT2D eigenvalue weighted by Gasteiger charge is -2.36. The van der Waals surface area contributed by atoms with Gasteiger partial charge in [-0.25, -0.2) is 4.99 Å². The van der Waals surface area contributed by atoms with Gasteiger partial charge in [-0.1, -0.05) is 18.2 Å². The molecule has 7 heteroatoms. The van der Waals surface area contributed by atoms with Crippen molar-refractivity contribution in [1.29, 1.82) is 0 Å². The second-order valence-corrected chi connectivity index (χ2v) is 7.13. The average Bonchev–Trinajstić information content (AvgIpc) is 2.65. The molecule has 1 fully saturated rings. The van der Waals surface area contributed by atoms with E-state index >= 15 is 0 Å². The molecule has 142 valence electrons. The average molecular weight is 479 g/mol. The molecule has 0 bridgehead atoms. The Morgan fingerprint density at radius 2 is 2.00 bits per heavy atom. The van der Waals surface area contributed by atoms with Gasteiger partial charge in [-0.05, 0) is 32.1 Å². The van der Waals surface area contributed by atoms with E-state index in [0.29, 0.717) is 6.54 Å². The van der Waals surface area contributed by atoms with E-state index in [1.807, 2.05) is 36.0 Å². The Hall–Kier alpha value is -0.670. The summed E-state index contributed by atoms with van der Waals surface area (Å²) in [5.41, 5.74) is 1.09. The van der Waals surface area contributed by atoms with Crippen molar-refractivity contribution in [3.63, 3.8) is 0 Å². The largest absolute Gasteiger partial charge is 0.496 e. The number of halogens is 1. The zero-order chi connectivity index (χ0) is 17.3. The predicted octanol–water partition coefficient (Wildman–Crippen LogP) is 3.28. The van der Waals surface area contributed by atoms with Crippen LogP contribution in [-0.2, 0) is 11.3 Å². The molecule has 0 unspecified atom stereocenters. The molecule has 0 aliphatic carbocycles. The minimum Gasteiger partial charge on any atom is -0.496 e. The number of para-hydroxylation sites is 1. The highest BCUT2D eigenvalue weighted by atomic mass is 127. The number of thioether (sulfide) groups is 1. The number of nitrogens with one attached hydrogen (secondary N) is 2. The number of hydrogen-bond acceptors (Lipinski definition) is 4. The fraction of sp³-hybridized carbons (Fsp3) is 0.611. The molecule has 0 spiro atoms. The number of guanidine groups is 1. The van der Waals surface area contributed by atoms with Crippen LogP contribution in [0.3, 0.4) is 0 Å². The summed E-state index contributed by atoms with van der Waals surface area (Å²) in [5, 5.41) is 6.84. The highest BCUT2D eigenvalue weighted by Gasteiger charge is 2.31. The van der Waals surface area contributed by atoms with Gasteiger partial charge in [0.15, 0.2) is 5.96 Å². The molecule has 0 saturated carbocycles. The maximum atomic E-state index is 5.51. The zero-order valence-corrected chi connectivity index (χ0v) is 18.5. The van der Waals surface area contributed by atoms with E-state index in [0.717, 1.165) is 56.4 Å². The number of methoxy groups -OCH3 is 1. The lowest BCUT2D eigenvalue weighted by molar-refractivity contribution is 0.0783. The van der Waals surface area contributed by atoms with Gasteiger partial charge < -0.3 is 20.1 Å². The number of aliphatic imine (C=N–C) groups is 1. The molecular weight excluding hydrogens is 449 g/mol. The van der Waals surface area contributed by atoms with E-state index in [4.69, 9.17) is 14.5 Å². The Morgan fingerprint density at radius 1 is 1.28 bits per heavy atom. The standard InChI is InChI=1S/C18H29N3O2S.HI/c1-4-19-17(20-13-15-7-5-6-8-16(15)22-2)21-14-18(24-3)9-11-23-12-10-18;/h5-8H,4,9-14H2,1-3H3,(H2,19,20,21);1H. The summed E-state index contributed by atoms with van der Waals surface area (Å²) < 4.78 is 11.1. The van der Waals surface area contributed by atoms with Crippen LogP contribution in [-0.4, -0.2) is 50.4 Å². The molecule has 1 aromatic carbocycles. The molecule has 0 radical (unpaired) electrons. The molecule has 1 aliphatic heterocycles. The SMILES string of the molecule is CCNC(=NCc1ccccc1OC)NCC1(SC)CCOCC1.I. The van der Waals surface area contributed by atoms with E-state index in [-0.39, 0.29) is 28.7 Å². The second-order valence-electron chi connectivity index (χ2n) is 5.86. The maximum absolute atomic E-state index is 5.51. The highest BCUT2D eigenvalue weighted by molar-refractivity contribution is 14.0. The van der Waals surface area contributed by atoms with Gasteiger partial charge in [0.1, 0.15) is 5.75 Å². The Morgan fingerprint density at radius 3 is 2.64 bits per heavy atom. The first-order valence-corrected chi connectivity index (χ1v) is 9.72. The normalized spacial score (nSPS) is 16.7. The van der Waals surface area contributed by atoms with Crippen molar-refractivity contribution in [3.05, 3.63) is 29.8 Å². The van der Waals surface area contributed by atoms with E-state index in [2.05, 4.69) is 23.8 Å². The summed E-state index contributed by atoms with van der Waals surface area (Å²) in [6.07, 6.45) is 4.34. The topological polar surface area (TPSA) is 54.9 Å². The molecule has 0 atom stereocenters. The van der Waals surface area contributed by atoms with Gasteiger partial charge in [0.05, 0.1) is 13.7 Å². The maximum Gasteiger partial charge on any atom is 0.191 e. The van der Waals surface area contributed by atoms with Gasteiger partial charge in [-0.3, -0.25) is 0 Å². The Kier molecular flexibility index (Phi) is 10.6. The fourth-order valence-electron chi connectivity index (χ4n) is 2.78. The minimum absolute atomic E-state index is 0. The molecule has 2 rings (SSSR count). The third kappa shape index (κ3) is 6.86. The van der Waals surface area contributed by atoms with E-state index in [9.17, 15) is 0 Å². The summed E-state index contributed by atoms with van der Waals surface area (Å²) in [5.74, 6) is 1.73. The quantitative estimate of drug-likeness (QED) is 0.357. The zero-order valence-electron chi connectivity index (χ0n) is 15.3.